The van der Waals surface area contributed by atoms with Crippen LogP contribution < -0.4 is 5.32 Å². The summed E-state index contributed by atoms with van der Waals surface area (Å²) in [6.07, 6.45) is 0. The van der Waals surface area contributed by atoms with Gasteiger partial charge in [0.05, 0.1) is 10.7 Å². The molecule has 1 N–H and O–H groups in total. The number of carbonyl (C=O) groups excluding carboxylic acids is 1. The van der Waals surface area contributed by atoms with Crippen molar-refractivity contribution < 1.29 is 4.79 Å². The molecule has 0 aliphatic heterocycles. The summed E-state index contributed by atoms with van der Waals surface area (Å²) in [5.41, 5.74) is 1.43. The van der Waals surface area contributed by atoms with Crippen LogP contribution in [0.2, 0.25) is 5.02 Å². The Kier molecular flexibility index (Phi) is 4.01. The Labute approximate surface area is 121 Å². The van der Waals surface area contributed by atoms with Crippen molar-refractivity contribution in [3.05, 3.63) is 43.4 Å². The second-order valence-corrected chi connectivity index (χ2v) is 5.80. The fourth-order valence-corrected chi connectivity index (χ4v) is 2.42. The fourth-order valence-electron chi connectivity index (χ4n) is 1.22. The third-order valence-corrected chi connectivity index (χ3v) is 4.47. The Morgan fingerprint density at radius 2 is 2.29 bits per heavy atom. The number of benzene rings is 1. The van der Waals surface area contributed by atoms with Crippen molar-refractivity contribution in [1.29, 1.82) is 0 Å². The predicted octanol–water partition coefficient (Wildman–Crippen LogP) is 3.96. The normalized spacial score (nSPS) is 10.3. The zero-order valence-electron chi connectivity index (χ0n) is 8.83. The van der Waals surface area contributed by atoms with Gasteiger partial charge in [0.2, 0.25) is 0 Å². The molecule has 1 aromatic heterocycles. The van der Waals surface area contributed by atoms with E-state index in [0.29, 0.717) is 15.7 Å². The Bertz CT molecular complexity index is 570. The van der Waals surface area contributed by atoms with Gasteiger partial charge in [0.25, 0.3) is 5.91 Å². The van der Waals surface area contributed by atoms with E-state index in [1.54, 1.807) is 12.1 Å². The topological polar surface area (TPSA) is 42.0 Å². The molecular weight excluding hydrogens is 371 g/mol. The van der Waals surface area contributed by atoms with Crippen molar-refractivity contribution in [1.82, 2.24) is 4.98 Å². The SMILES string of the molecule is Cc1csc(NC(=O)c2ccc(I)c(Cl)c2)n1. The van der Waals surface area contributed by atoms with Crippen LogP contribution >= 0.6 is 45.5 Å². The number of aryl methyl sites for hydroxylation is 1. The van der Waals surface area contributed by atoms with Gasteiger partial charge in [-0.2, -0.15) is 0 Å². The molecule has 0 saturated heterocycles. The summed E-state index contributed by atoms with van der Waals surface area (Å²) in [6.45, 7) is 1.88. The molecular formula is C11H8ClIN2OS. The first-order valence-electron chi connectivity index (χ1n) is 4.75. The molecule has 0 aliphatic rings. The van der Waals surface area contributed by atoms with Gasteiger partial charge in [-0.3, -0.25) is 10.1 Å². The molecule has 17 heavy (non-hydrogen) atoms. The van der Waals surface area contributed by atoms with E-state index < -0.39 is 0 Å². The molecule has 1 heterocycles. The van der Waals surface area contributed by atoms with Crippen LogP contribution in [0, 0.1) is 10.5 Å². The van der Waals surface area contributed by atoms with Crippen LogP contribution in [0.1, 0.15) is 16.1 Å². The number of nitrogens with one attached hydrogen (secondary N) is 1. The summed E-state index contributed by atoms with van der Waals surface area (Å²) >= 11 is 9.48. The number of anilines is 1. The molecule has 0 radical (unpaired) electrons. The number of hydrogen-bond donors (Lipinski definition) is 1. The summed E-state index contributed by atoms with van der Waals surface area (Å²) in [5, 5.41) is 5.80. The van der Waals surface area contributed by atoms with E-state index >= 15 is 0 Å². The maximum absolute atomic E-state index is 11.9. The number of hydrogen-bond acceptors (Lipinski definition) is 3. The van der Waals surface area contributed by atoms with E-state index in [0.717, 1.165) is 9.26 Å². The van der Waals surface area contributed by atoms with Crippen molar-refractivity contribution in [2.45, 2.75) is 6.92 Å². The number of rotatable bonds is 2. The van der Waals surface area contributed by atoms with Crippen molar-refractivity contribution >= 4 is 56.6 Å². The molecule has 0 saturated carbocycles. The summed E-state index contributed by atoms with van der Waals surface area (Å²) in [4.78, 5) is 16.0. The van der Waals surface area contributed by atoms with Crippen molar-refractivity contribution in [2.75, 3.05) is 5.32 Å². The Morgan fingerprint density at radius 3 is 2.88 bits per heavy atom. The highest BCUT2D eigenvalue weighted by Crippen LogP contribution is 2.21. The number of aromatic nitrogens is 1. The molecule has 3 nitrogen and oxygen atoms in total. The van der Waals surface area contributed by atoms with E-state index in [1.165, 1.54) is 11.3 Å². The number of amides is 1. The molecule has 1 aromatic carbocycles. The predicted molar refractivity (Wildman–Crippen MR) is 79.0 cm³/mol. The average Bonchev–Trinajstić information content (AvgIpc) is 2.68. The van der Waals surface area contributed by atoms with Crippen LogP contribution in [-0.4, -0.2) is 10.9 Å². The van der Waals surface area contributed by atoms with Crippen molar-refractivity contribution in [3.8, 4) is 0 Å². The smallest absolute Gasteiger partial charge is 0.257 e. The molecule has 0 atom stereocenters. The van der Waals surface area contributed by atoms with E-state index in [9.17, 15) is 4.79 Å². The highest BCUT2D eigenvalue weighted by Gasteiger charge is 2.09. The Morgan fingerprint density at radius 1 is 1.53 bits per heavy atom. The fraction of sp³-hybridized carbons (Fsp3) is 0.0909. The summed E-state index contributed by atoms with van der Waals surface area (Å²) in [6, 6.07) is 5.20. The number of carbonyl (C=O) groups is 1. The molecule has 0 unspecified atom stereocenters. The van der Waals surface area contributed by atoms with Gasteiger partial charge in [-0.25, -0.2) is 4.98 Å². The molecule has 6 heteroatoms. The highest BCUT2D eigenvalue weighted by atomic mass is 127. The second-order valence-electron chi connectivity index (χ2n) is 3.38. The lowest BCUT2D eigenvalue weighted by Gasteiger charge is -2.03. The van der Waals surface area contributed by atoms with Gasteiger partial charge >= 0.3 is 0 Å². The molecule has 1 amide bonds. The maximum atomic E-state index is 11.9. The van der Waals surface area contributed by atoms with Crippen LogP contribution in [0.15, 0.2) is 23.6 Å². The monoisotopic (exact) mass is 378 g/mol. The number of thiazole rings is 1. The maximum Gasteiger partial charge on any atom is 0.257 e. The minimum absolute atomic E-state index is 0.197. The first-order valence-corrected chi connectivity index (χ1v) is 7.08. The van der Waals surface area contributed by atoms with Crippen LogP contribution in [0.5, 0.6) is 0 Å². The first-order chi connectivity index (χ1) is 8.06. The molecule has 2 aromatic rings. The third-order valence-electron chi connectivity index (χ3n) is 2.02. The van der Waals surface area contributed by atoms with Crippen molar-refractivity contribution in [2.24, 2.45) is 0 Å². The van der Waals surface area contributed by atoms with Gasteiger partial charge in [-0.05, 0) is 47.7 Å². The van der Waals surface area contributed by atoms with Crippen LogP contribution in [0.25, 0.3) is 0 Å². The standard InChI is InChI=1S/C11H8ClIN2OS/c1-6-5-17-11(14-6)15-10(16)7-2-3-9(13)8(12)4-7/h2-5H,1H3,(H,14,15,16). The van der Waals surface area contributed by atoms with Gasteiger partial charge in [0.1, 0.15) is 0 Å². The largest absolute Gasteiger partial charge is 0.298 e. The Hall–Kier alpha value is -0.660. The summed E-state index contributed by atoms with van der Waals surface area (Å²) in [7, 11) is 0. The van der Waals surface area contributed by atoms with Gasteiger partial charge in [0.15, 0.2) is 5.13 Å². The average molecular weight is 379 g/mol. The minimum Gasteiger partial charge on any atom is -0.298 e. The number of nitrogens with zero attached hydrogens (tertiary/aromatic N) is 1. The van der Waals surface area contributed by atoms with E-state index in [1.807, 2.05) is 18.4 Å². The number of halogens is 2. The first kappa shape index (κ1) is 12.8. The third kappa shape index (κ3) is 3.17. The zero-order chi connectivity index (χ0) is 12.4. The van der Waals surface area contributed by atoms with Crippen LogP contribution in [-0.2, 0) is 0 Å². The molecule has 0 spiro atoms. The van der Waals surface area contributed by atoms with Gasteiger partial charge < -0.3 is 0 Å². The van der Waals surface area contributed by atoms with Gasteiger partial charge in [-0.15, -0.1) is 11.3 Å². The summed E-state index contributed by atoms with van der Waals surface area (Å²) < 4.78 is 0.922. The van der Waals surface area contributed by atoms with E-state index in [-0.39, 0.29) is 5.91 Å². The lowest BCUT2D eigenvalue weighted by Crippen LogP contribution is -2.11. The lowest BCUT2D eigenvalue weighted by atomic mass is 10.2. The van der Waals surface area contributed by atoms with Crippen molar-refractivity contribution in [3.63, 3.8) is 0 Å². The molecule has 2 rings (SSSR count). The molecule has 0 bridgehead atoms. The van der Waals surface area contributed by atoms with E-state index in [4.69, 9.17) is 11.6 Å². The van der Waals surface area contributed by atoms with Crippen LogP contribution in [0.4, 0.5) is 5.13 Å². The minimum atomic E-state index is -0.197. The highest BCUT2D eigenvalue weighted by molar-refractivity contribution is 14.1. The molecule has 88 valence electrons. The second kappa shape index (κ2) is 5.32. The van der Waals surface area contributed by atoms with Gasteiger partial charge in [-0.1, -0.05) is 11.6 Å². The summed E-state index contributed by atoms with van der Waals surface area (Å²) in [5.74, 6) is -0.197. The van der Waals surface area contributed by atoms with Crippen LogP contribution in [0.3, 0.4) is 0 Å². The van der Waals surface area contributed by atoms with E-state index in [2.05, 4.69) is 32.9 Å². The van der Waals surface area contributed by atoms with Gasteiger partial charge in [0, 0.05) is 14.5 Å². The molecule has 0 fully saturated rings. The Balaban J connectivity index is 2.17. The lowest BCUT2D eigenvalue weighted by molar-refractivity contribution is 0.102. The molecule has 0 aliphatic carbocycles. The zero-order valence-corrected chi connectivity index (χ0v) is 12.6. The quantitative estimate of drug-likeness (QED) is 0.804.